The maximum Gasteiger partial charge on any atom is 0.191 e. The summed E-state index contributed by atoms with van der Waals surface area (Å²) in [5, 5.41) is 13.9. The highest BCUT2D eigenvalue weighted by molar-refractivity contribution is 5.80. The molecule has 0 aliphatic heterocycles. The third-order valence-corrected chi connectivity index (χ3v) is 3.96. The molecule has 3 N–H and O–H groups in total. The first-order valence-electron chi connectivity index (χ1n) is 8.54. The molecule has 1 aromatic carbocycles. The van der Waals surface area contributed by atoms with Crippen LogP contribution in [0, 0.1) is 0 Å². The second-order valence-electron chi connectivity index (χ2n) is 5.81. The van der Waals surface area contributed by atoms with Gasteiger partial charge in [-0.15, -0.1) is 0 Å². The largest absolute Gasteiger partial charge is 0.497 e. The fourth-order valence-electron chi connectivity index (χ4n) is 2.64. The summed E-state index contributed by atoms with van der Waals surface area (Å²) in [6.45, 7) is 3.32. The molecule has 0 bridgehead atoms. The average Bonchev–Trinajstić information content (AvgIpc) is 3.32. The fraction of sp³-hybridized carbons (Fsp3) is 0.389. The lowest BCUT2D eigenvalue weighted by molar-refractivity contribution is 0.415. The van der Waals surface area contributed by atoms with Crippen LogP contribution in [0.1, 0.15) is 25.6 Å². The molecule has 7 nitrogen and oxygen atoms in total. The van der Waals surface area contributed by atoms with Gasteiger partial charge >= 0.3 is 0 Å². The van der Waals surface area contributed by atoms with Crippen molar-refractivity contribution in [2.75, 3.05) is 13.7 Å². The van der Waals surface area contributed by atoms with Crippen LogP contribution in [0.5, 0.6) is 5.75 Å². The Morgan fingerprint density at radius 2 is 2.04 bits per heavy atom. The number of hydrogen-bond acceptors (Lipinski definition) is 4. The SMILES string of the molecule is CCNC(=NCc1nc(-c2ccc(OC)cc2)n[nH]1)NC1CC=CC1. The number of benzene rings is 1. The van der Waals surface area contributed by atoms with Gasteiger partial charge in [0, 0.05) is 18.2 Å². The molecule has 1 aromatic heterocycles. The molecule has 25 heavy (non-hydrogen) atoms. The normalized spacial score (nSPS) is 14.7. The lowest BCUT2D eigenvalue weighted by Crippen LogP contribution is -2.42. The van der Waals surface area contributed by atoms with Gasteiger partial charge in [-0.1, -0.05) is 12.2 Å². The maximum absolute atomic E-state index is 5.17. The first-order chi connectivity index (χ1) is 12.3. The molecule has 7 heteroatoms. The van der Waals surface area contributed by atoms with Gasteiger partial charge in [-0.05, 0) is 44.0 Å². The number of aliphatic imine (C=N–C) groups is 1. The number of nitrogens with zero attached hydrogens (tertiary/aromatic N) is 3. The first-order valence-corrected chi connectivity index (χ1v) is 8.54. The highest BCUT2D eigenvalue weighted by atomic mass is 16.5. The van der Waals surface area contributed by atoms with Gasteiger partial charge in [0.05, 0.1) is 7.11 Å². The van der Waals surface area contributed by atoms with E-state index in [9.17, 15) is 0 Å². The summed E-state index contributed by atoms with van der Waals surface area (Å²) in [7, 11) is 1.65. The Balaban J connectivity index is 1.64. The van der Waals surface area contributed by atoms with Crippen molar-refractivity contribution in [3.63, 3.8) is 0 Å². The molecule has 1 aliphatic carbocycles. The fourth-order valence-corrected chi connectivity index (χ4v) is 2.64. The number of ether oxygens (including phenoxy) is 1. The molecule has 0 amide bonds. The van der Waals surface area contributed by atoms with Crippen molar-refractivity contribution < 1.29 is 4.74 Å². The van der Waals surface area contributed by atoms with Crippen LogP contribution >= 0.6 is 0 Å². The van der Waals surface area contributed by atoms with E-state index in [1.807, 2.05) is 24.3 Å². The van der Waals surface area contributed by atoms with E-state index in [-0.39, 0.29) is 0 Å². The van der Waals surface area contributed by atoms with Crippen LogP contribution in [0.15, 0.2) is 41.4 Å². The molecule has 3 rings (SSSR count). The molecular formula is C18H24N6O. The topological polar surface area (TPSA) is 87.2 Å². The van der Waals surface area contributed by atoms with Gasteiger partial charge < -0.3 is 15.4 Å². The van der Waals surface area contributed by atoms with Crippen LogP contribution in [-0.4, -0.2) is 40.8 Å². The zero-order valence-electron chi connectivity index (χ0n) is 14.6. The zero-order chi connectivity index (χ0) is 17.5. The molecule has 2 aromatic rings. The minimum absolute atomic E-state index is 0.419. The van der Waals surface area contributed by atoms with Gasteiger partial charge in [-0.3, -0.25) is 5.10 Å². The van der Waals surface area contributed by atoms with Crippen LogP contribution in [0.25, 0.3) is 11.4 Å². The van der Waals surface area contributed by atoms with Crippen LogP contribution in [0.4, 0.5) is 0 Å². The van der Waals surface area contributed by atoms with Crippen LogP contribution in [-0.2, 0) is 6.54 Å². The molecule has 0 saturated heterocycles. The van der Waals surface area contributed by atoms with E-state index in [1.165, 1.54) is 0 Å². The molecule has 1 heterocycles. The van der Waals surface area contributed by atoms with Crippen molar-refractivity contribution in [3.8, 4) is 17.1 Å². The number of rotatable bonds is 6. The molecule has 0 fully saturated rings. The van der Waals surface area contributed by atoms with Gasteiger partial charge in [0.15, 0.2) is 11.8 Å². The minimum Gasteiger partial charge on any atom is -0.497 e. The quantitative estimate of drug-likeness (QED) is 0.426. The van der Waals surface area contributed by atoms with Crippen molar-refractivity contribution in [1.29, 1.82) is 0 Å². The van der Waals surface area contributed by atoms with Crippen LogP contribution in [0.2, 0.25) is 0 Å². The van der Waals surface area contributed by atoms with E-state index in [0.717, 1.165) is 42.5 Å². The van der Waals surface area contributed by atoms with Crippen molar-refractivity contribution in [3.05, 3.63) is 42.2 Å². The molecule has 1 aliphatic rings. The minimum atomic E-state index is 0.419. The highest BCUT2D eigenvalue weighted by Crippen LogP contribution is 2.19. The van der Waals surface area contributed by atoms with E-state index in [0.29, 0.717) is 18.4 Å². The Labute approximate surface area is 147 Å². The predicted octanol–water partition coefficient (Wildman–Crippen LogP) is 2.25. The Bertz CT molecular complexity index is 726. The maximum atomic E-state index is 5.17. The summed E-state index contributed by atoms with van der Waals surface area (Å²) < 4.78 is 5.17. The smallest absolute Gasteiger partial charge is 0.191 e. The zero-order valence-corrected chi connectivity index (χ0v) is 14.6. The number of H-pyrrole nitrogens is 1. The van der Waals surface area contributed by atoms with Gasteiger partial charge in [-0.25, -0.2) is 9.98 Å². The second-order valence-corrected chi connectivity index (χ2v) is 5.81. The summed E-state index contributed by atoms with van der Waals surface area (Å²) in [6.07, 6.45) is 6.46. The molecule has 0 spiro atoms. The number of aromatic nitrogens is 3. The lowest BCUT2D eigenvalue weighted by Gasteiger charge is -2.16. The second kappa shape index (κ2) is 8.32. The number of methoxy groups -OCH3 is 1. The Morgan fingerprint density at radius 1 is 1.28 bits per heavy atom. The number of aromatic amines is 1. The Morgan fingerprint density at radius 3 is 2.72 bits per heavy atom. The Kier molecular flexibility index (Phi) is 5.66. The van der Waals surface area contributed by atoms with Gasteiger partial charge in [-0.2, -0.15) is 5.10 Å². The van der Waals surface area contributed by atoms with Crippen molar-refractivity contribution in [2.45, 2.75) is 32.4 Å². The third-order valence-electron chi connectivity index (χ3n) is 3.96. The standard InChI is InChI=1S/C18H24N6O/c1-3-19-18(21-14-6-4-5-7-14)20-12-16-22-17(24-23-16)13-8-10-15(25-2)11-9-13/h4-5,8-11,14H,3,6-7,12H2,1-2H3,(H2,19,20,21)(H,22,23,24). The monoisotopic (exact) mass is 340 g/mol. The highest BCUT2D eigenvalue weighted by Gasteiger charge is 2.12. The van der Waals surface area contributed by atoms with E-state index >= 15 is 0 Å². The molecule has 0 saturated carbocycles. The van der Waals surface area contributed by atoms with Crippen LogP contribution < -0.4 is 15.4 Å². The Hall–Kier alpha value is -2.83. The van der Waals surface area contributed by atoms with Crippen molar-refractivity contribution >= 4 is 5.96 Å². The summed E-state index contributed by atoms with van der Waals surface area (Å²) in [5.74, 6) is 3.00. The van der Waals surface area contributed by atoms with Crippen LogP contribution in [0.3, 0.4) is 0 Å². The van der Waals surface area contributed by atoms with E-state index in [1.54, 1.807) is 7.11 Å². The summed E-state index contributed by atoms with van der Waals surface area (Å²) in [5.41, 5.74) is 0.939. The summed E-state index contributed by atoms with van der Waals surface area (Å²) in [6, 6.07) is 8.09. The molecular weight excluding hydrogens is 316 g/mol. The number of nitrogens with one attached hydrogen (secondary N) is 3. The van der Waals surface area contributed by atoms with Crippen molar-refractivity contribution in [2.24, 2.45) is 4.99 Å². The van der Waals surface area contributed by atoms with Gasteiger partial charge in [0.25, 0.3) is 0 Å². The van der Waals surface area contributed by atoms with E-state index in [2.05, 4.69) is 49.9 Å². The third kappa shape index (κ3) is 4.59. The van der Waals surface area contributed by atoms with Crippen molar-refractivity contribution in [1.82, 2.24) is 25.8 Å². The van der Waals surface area contributed by atoms with E-state index in [4.69, 9.17) is 4.74 Å². The number of guanidine groups is 1. The number of hydrogen-bond donors (Lipinski definition) is 3. The average molecular weight is 340 g/mol. The molecule has 132 valence electrons. The summed E-state index contributed by atoms with van der Waals surface area (Å²) in [4.78, 5) is 9.11. The predicted molar refractivity (Wildman–Crippen MR) is 98.5 cm³/mol. The molecule has 0 radical (unpaired) electrons. The van der Waals surface area contributed by atoms with E-state index < -0.39 is 0 Å². The lowest BCUT2D eigenvalue weighted by atomic mass is 10.2. The van der Waals surface area contributed by atoms with Gasteiger partial charge in [0.2, 0.25) is 0 Å². The first kappa shape index (κ1) is 17.0. The molecule has 0 unspecified atom stereocenters. The van der Waals surface area contributed by atoms with Gasteiger partial charge in [0.1, 0.15) is 18.1 Å². The molecule has 0 atom stereocenters. The summed E-state index contributed by atoms with van der Waals surface area (Å²) >= 11 is 0.